The molecule has 0 aromatic rings. The molecular weight excluding hydrogens is 244 g/mol. The highest BCUT2D eigenvalue weighted by molar-refractivity contribution is 8.76. The van der Waals surface area contributed by atoms with Crippen LogP contribution in [0.4, 0.5) is 0 Å². The van der Waals surface area contributed by atoms with Crippen LogP contribution >= 0.6 is 21.6 Å². The Bertz CT molecular complexity index is 191. The van der Waals surface area contributed by atoms with Crippen molar-refractivity contribution < 1.29 is 9.59 Å². The van der Waals surface area contributed by atoms with Crippen molar-refractivity contribution in [3.05, 3.63) is 0 Å². The van der Waals surface area contributed by atoms with Crippen LogP contribution in [0.15, 0.2) is 0 Å². The molecule has 0 aromatic carbocycles. The number of unbranched alkanes of at least 4 members (excludes halogenated alkanes) is 2. The van der Waals surface area contributed by atoms with E-state index in [-0.39, 0.29) is 11.8 Å². The molecule has 0 radical (unpaired) electrons. The van der Waals surface area contributed by atoms with Crippen molar-refractivity contribution in [3.8, 4) is 0 Å². The van der Waals surface area contributed by atoms with E-state index in [1.807, 2.05) is 21.6 Å². The van der Waals surface area contributed by atoms with E-state index in [0.717, 1.165) is 37.2 Å². The summed E-state index contributed by atoms with van der Waals surface area (Å²) in [7, 11) is 3.62. The Kier molecular flexibility index (Phi) is 10.9. The summed E-state index contributed by atoms with van der Waals surface area (Å²) in [6, 6.07) is 0. The highest BCUT2D eigenvalue weighted by Gasteiger charge is 1.97. The van der Waals surface area contributed by atoms with Gasteiger partial charge in [0.25, 0.3) is 0 Å². The number of carbonyl (C=O) groups is 2. The molecule has 0 rings (SSSR count). The topological polar surface area (TPSA) is 86.2 Å². The van der Waals surface area contributed by atoms with Gasteiger partial charge in [0.2, 0.25) is 11.8 Å². The van der Waals surface area contributed by atoms with Gasteiger partial charge in [-0.1, -0.05) is 21.6 Å². The molecule has 0 aliphatic heterocycles. The first kappa shape index (κ1) is 15.6. The number of hydrogen-bond acceptors (Lipinski definition) is 4. The molecule has 2 amide bonds. The zero-order chi connectivity index (χ0) is 12.2. The summed E-state index contributed by atoms with van der Waals surface area (Å²) < 4.78 is 0. The lowest BCUT2D eigenvalue weighted by Gasteiger charge is -2.00. The molecule has 0 heterocycles. The van der Waals surface area contributed by atoms with Crippen LogP contribution in [0.3, 0.4) is 0 Å². The molecule has 0 spiro atoms. The highest BCUT2D eigenvalue weighted by atomic mass is 33.1. The van der Waals surface area contributed by atoms with Crippen LogP contribution in [-0.2, 0) is 9.59 Å². The maximum Gasteiger partial charge on any atom is 0.217 e. The second kappa shape index (κ2) is 11.1. The zero-order valence-corrected chi connectivity index (χ0v) is 11.1. The van der Waals surface area contributed by atoms with Crippen molar-refractivity contribution in [1.82, 2.24) is 0 Å². The molecule has 0 bridgehead atoms. The summed E-state index contributed by atoms with van der Waals surface area (Å²) in [4.78, 5) is 20.9. The van der Waals surface area contributed by atoms with Crippen molar-refractivity contribution in [2.45, 2.75) is 38.5 Å². The molecule has 0 aliphatic carbocycles. The zero-order valence-electron chi connectivity index (χ0n) is 9.44. The lowest BCUT2D eigenvalue weighted by Crippen LogP contribution is -2.09. The minimum absolute atomic E-state index is 0.218. The Morgan fingerprint density at radius 3 is 1.44 bits per heavy atom. The van der Waals surface area contributed by atoms with Crippen LogP contribution in [0, 0.1) is 0 Å². The monoisotopic (exact) mass is 264 g/mol. The molecule has 0 unspecified atom stereocenters. The van der Waals surface area contributed by atoms with Crippen molar-refractivity contribution in [2.75, 3.05) is 11.5 Å². The molecule has 16 heavy (non-hydrogen) atoms. The Balaban J connectivity index is 2.98. The first-order chi connectivity index (χ1) is 7.63. The van der Waals surface area contributed by atoms with Crippen LogP contribution in [0.25, 0.3) is 0 Å². The van der Waals surface area contributed by atoms with Crippen LogP contribution < -0.4 is 11.5 Å². The second-order valence-electron chi connectivity index (χ2n) is 3.49. The summed E-state index contributed by atoms with van der Waals surface area (Å²) in [6.07, 6.45) is 4.80. The minimum atomic E-state index is -0.218. The van der Waals surface area contributed by atoms with Gasteiger partial charge in [-0.25, -0.2) is 0 Å². The predicted octanol–water partition coefficient (Wildman–Crippen LogP) is 1.68. The Morgan fingerprint density at radius 1 is 0.750 bits per heavy atom. The molecular formula is C10H20N2O2S2. The molecule has 0 aliphatic rings. The Morgan fingerprint density at radius 2 is 1.12 bits per heavy atom. The van der Waals surface area contributed by atoms with E-state index in [4.69, 9.17) is 11.5 Å². The molecule has 0 aromatic heterocycles. The number of amides is 2. The third-order valence-electron chi connectivity index (χ3n) is 1.89. The lowest BCUT2D eigenvalue weighted by molar-refractivity contribution is -0.118. The van der Waals surface area contributed by atoms with Gasteiger partial charge in [0.05, 0.1) is 0 Å². The van der Waals surface area contributed by atoms with Crippen LogP contribution in [0.1, 0.15) is 38.5 Å². The summed E-state index contributed by atoms with van der Waals surface area (Å²) in [5.74, 6) is 1.66. The first-order valence-electron chi connectivity index (χ1n) is 5.44. The van der Waals surface area contributed by atoms with Gasteiger partial charge in [-0.15, -0.1) is 0 Å². The maximum absolute atomic E-state index is 10.4. The van der Waals surface area contributed by atoms with Crippen molar-refractivity contribution >= 4 is 33.4 Å². The fourth-order valence-electron chi connectivity index (χ4n) is 1.04. The molecule has 4 nitrogen and oxygen atoms in total. The van der Waals surface area contributed by atoms with E-state index >= 15 is 0 Å². The van der Waals surface area contributed by atoms with Crippen LogP contribution in [0.2, 0.25) is 0 Å². The summed E-state index contributed by atoms with van der Waals surface area (Å²) in [6.45, 7) is 0. The van der Waals surface area contributed by atoms with Gasteiger partial charge in [0.1, 0.15) is 0 Å². The smallest absolute Gasteiger partial charge is 0.217 e. The van der Waals surface area contributed by atoms with Gasteiger partial charge in [-0.2, -0.15) is 0 Å². The highest BCUT2D eigenvalue weighted by Crippen LogP contribution is 2.24. The summed E-state index contributed by atoms with van der Waals surface area (Å²) in [5, 5.41) is 0. The molecule has 0 saturated carbocycles. The van der Waals surface area contributed by atoms with Gasteiger partial charge in [-0.05, 0) is 25.7 Å². The van der Waals surface area contributed by atoms with Crippen molar-refractivity contribution in [2.24, 2.45) is 11.5 Å². The molecule has 4 N–H and O–H groups in total. The fourth-order valence-corrected chi connectivity index (χ4v) is 3.33. The number of hydrogen-bond donors (Lipinski definition) is 2. The van der Waals surface area contributed by atoms with Gasteiger partial charge >= 0.3 is 0 Å². The van der Waals surface area contributed by atoms with E-state index in [1.165, 1.54) is 0 Å². The Hall–Kier alpha value is -0.360. The molecule has 0 saturated heterocycles. The quantitative estimate of drug-likeness (QED) is 0.439. The minimum Gasteiger partial charge on any atom is -0.370 e. The third-order valence-corrected chi connectivity index (χ3v) is 4.46. The largest absolute Gasteiger partial charge is 0.370 e. The predicted molar refractivity (Wildman–Crippen MR) is 71.0 cm³/mol. The van der Waals surface area contributed by atoms with E-state index < -0.39 is 0 Å². The fraction of sp³-hybridized carbons (Fsp3) is 0.800. The number of primary amides is 2. The SMILES string of the molecule is NC(=O)CCCCSSCCCCC(N)=O. The number of nitrogens with two attached hydrogens (primary N) is 2. The van der Waals surface area contributed by atoms with E-state index in [9.17, 15) is 9.59 Å². The van der Waals surface area contributed by atoms with Crippen molar-refractivity contribution in [1.29, 1.82) is 0 Å². The van der Waals surface area contributed by atoms with E-state index in [0.29, 0.717) is 12.8 Å². The number of carbonyl (C=O) groups excluding carboxylic acids is 2. The molecule has 0 fully saturated rings. The summed E-state index contributed by atoms with van der Waals surface area (Å²) >= 11 is 0. The number of rotatable bonds is 11. The molecule has 94 valence electrons. The first-order valence-corrected chi connectivity index (χ1v) is 7.92. The average Bonchev–Trinajstić information content (AvgIpc) is 2.20. The van der Waals surface area contributed by atoms with Gasteiger partial charge in [-0.3, -0.25) is 9.59 Å². The van der Waals surface area contributed by atoms with Gasteiger partial charge in [0.15, 0.2) is 0 Å². The van der Waals surface area contributed by atoms with E-state index in [2.05, 4.69) is 0 Å². The third kappa shape index (κ3) is 13.6. The summed E-state index contributed by atoms with van der Waals surface area (Å²) in [5.41, 5.74) is 10.0. The van der Waals surface area contributed by atoms with Gasteiger partial charge in [0, 0.05) is 24.3 Å². The second-order valence-corrected chi connectivity index (χ2v) is 6.19. The van der Waals surface area contributed by atoms with E-state index in [1.54, 1.807) is 0 Å². The standard InChI is InChI=1S/C10H20N2O2S2/c11-9(13)5-1-3-7-15-16-8-4-2-6-10(12)14/h1-8H2,(H2,11,13)(H2,12,14). The van der Waals surface area contributed by atoms with Crippen molar-refractivity contribution in [3.63, 3.8) is 0 Å². The maximum atomic E-state index is 10.4. The average molecular weight is 264 g/mol. The normalized spacial score (nSPS) is 10.2. The lowest BCUT2D eigenvalue weighted by atomic mass is 10.2. The van der Waals surface area contributed by atoms with Gasteiger partial charge < -0.3 is 11.5 Å². The Labute approximate surface area is 105 Å². The molecule has 6 heteroatoms. The molecule has 0 atom stereocenters. The van der Waals surface area contributed by atoms with Crippen LogP contribution in [0.5, 0.6) is 0 Å². The van der Waals surface area contributed by atoms with Crippen LogP contribution in [-0.4, -0.2) is 23.3 Å².